The Morgan fingerprint density at radius 3 is 2.28 bits per heavy atom. The van der Waals surface area contributed by atoms with Crippen molar-refractivity contribution >= 4 is 23.2 Å². The number of aryl methyl sites for hydroxylation is 2. The highest BCUT2D eigenvalue weighted by Crippen LogP contribution is 2.20. The van der Waals surface area contributed by atoms with Crippen LogP contribution in [-0.2, 0) is 0 Å². The number of hydrogen-bond donors (Lipinski definition) is 1. The maximum Gasteiger partial charge on any atom is 0.274 e. The van der Waals surface area contributed by atoms with E-state index in [0.29, 0.717) is 11.5 Å². The molecule has 0 spiro atoms. The van der Waals surface area contributed by atoms with Gasteiger partial charge < -0.3 is 15.1 Å². The number of carbonyl (C=O) groups is 1. The Morgan fingerprint density at radius 1 is 0.897 bits per heavy atom. The van der Waals surface area contributed by atoms with Crippen LogP contribution in [0, 0.1) is 13.8 Å². The third kappa shape index (κ3) is 4.34. The zero-order valence-corrected chi connectivity index (χ0v) is 16.7. The monoisotopic (exact) mass is 388 g/mol. The van der Waals surface area contributed by atoms with Crippen LogP contribution >= 0.6 is 0 Å². The van der Waals surface area contributed by atoms with Gasteiger partial charge in [-0.3, -0.25) is 4.79 Å². The fourth-order valence-corrected chi connectivity index (χ4v) is 3.44. The third-order valence-corrected chi connectivity index (χ3v) is 5.03. The first-order chi connectivity index (χ1) is 14.1. The lowest BCUT2D eigenvalue weighted by atomic mass is 10.2. The molecule has 0 aliphatic carbocycles. The Hall–Kier alpha value is -3.48. The number of para-hydroxylation sites is 1. The third-order valence-electron chi connectivity index (χ3n) is 5.03. The molecule has 1 aliphatic rings. The molecular weight excluding hydrogens is 364 g/mol. The molecule has 1 aliphatic heterocycles. The number of amides is 1. The second-order valence-electron chi connectivity index (χ2n) is 7.09. The number of hydrogen-bond acceptors (Lipinski definition) is 6. The molecular formula is C22H24N6O. The van der Waals surface area contributed by atoms with E-state index in [4.69, 9.17) is 0 Å². The molecule has 1 aromatic carbocycles. The summed E-state index contributed by atoms with van der Waals surface area (Å²) in [4.78, 5) is 30.5. The maximum atomic E-state index is 12.8. The first-order valence-corrected chi connectivity index (χ1v) is 9.74. The van der Waals surface area contributed by atoms with Gasteiger partial charge in [0, 0.05) is 44.1 Å². The van der Waals surface area contributed by atoms with Gasteiger partial charge in [0.2, 0.25) is 0 Å². The van der Waals surface area contributed by atoms with Crippen LogP contribution in [0.5, 0.6) is 0 Å². The highest BCUT2D eigenvalue weighted by molar-refractivity contribution is 6.03. The van der Waals surface area contributed by atoms with Crippen molar-refractivity contribution in [1.29, 1.82) is 0 Å². The highest BCUT2D eigenvalue weighted by Gasteiger charge is 2.21. The van der Waals surface area contributed by atoms with Gasteiger partial charge in [0.1, 0.15) is 23.2 Å². The number of rotatable bonds is 4. The van der Waals surface area contributed by atoms with E-state index in [1.807, 2.05) is 62.5 Å². The molecule has 0 bridgehead atoms. The van der Waals surface area contributed by atoms with Crippen LogP contribution in [0.25, 0.3) is 0 Å². The van der Waals surface area contributed by atoms with Gasteiger partial charge in [-0.1, -0.05) is 24.3 Å². The minimum Gasteiger partial charge on any atom is -0.353 e. The number of carbonyl (C=O) groups excluding carboxylic acids is 1. The van der Waals surface area contributed by atoms with E-state index in [9.17, 15) is 4.79 Å². The van der Waals surface area contributed by atoms with E-state index in [0.717, 1.165) is 49.1 Å². The second kappa shape index (κ2) is 8.26. The second-order valence-corrected chi connectivity index (χ2v) is 7.09. The Morgan fingerprint density at radius 2 is 1.59 bits per heavy atom. The van der Waals surface area contributed by atoms with Crippen molar-refractivity contribution in [3.8, 4) is 0 Å². The SMILES string of the molecule is Cc1nc(C(=O)Nc2ccccc2C)cc(N2CCN(c3ccccn3)CC2)n1. The minimum atomic E-state index is -0.224. The molecule has 3 heterocycles. The predicted molar refractivity (Wildman–Crippen MR) is 115 cm³/mol. The Bertz CT molecular complexity index is 999. The van der Waals surface area contributed by atoms with Crippen molar-refractivity contribution in [3.05, 3.63) is 71.8 Å². The molecule has 0 radical (unpaired) electrons. The zero-order valence-electron chi connectivity index (χ0n) is 16.7. The van der Waals surface area contributed by atoms with Crippen molar-refractivity contribution in [1.82, 2.24) is 15.0 Å². The molecule has 1 amide bonds. The van der Waals surface area contributed by atoms with Crippen LogP contribution in [-0.4, -0.2) is 47.0 Å². The van der Waals surface area contributed by atoms with Gasteiger partial charge in [-0.2, -0.15) is 0 Å². The van der Waals surface area contributed by atoms with Crippen LogP contribution in [0.3, 0.4) is 0 Å². The van der Waals surface area contributed by atoms with Crippen molar-refractivity contribution in [2.45, 2.75) is 13.8 Å². The number of pyridine rings is 1. The predicted octanol–water partition coefficient (Wildman–Crippen LogP) is 3.07. The van der Waals surface area contributed by atoms with Crippen molar-refractivity contribution in [2.75, 3.05) is 41.3 Å². The molecule has 148 valence electrons. The lowest BCUT2D eigenvalue weighted by Gasteiger charge is -2.36. The average molecular weight is 388 g/mol. The maximum absolute atomic E-state index is 12.8. The van der Waals surface area contributed by atoms with E-state index in [-0.39, 0.29) is 5.91 Å². The molecule has 7 heteroatoms. The van der Waals surface area contributed by atoms with Gasteiger partial charge in [-0.05, 0) is 37.6 Å². The summed E-state index contributed by atoms with van der Waals surface area (Å²) in [7, 11) is 0. The molecule has 29 heavy (non-hydrogen) atoms. The molecule has 4 rings (SSSR count). The van der Waals surface area contributed by atoms with E-state index >= 15 is 0 Å². The first-order valence-electron chi connectivity index (χ1n) is 9.74. The largest absolute Gasteiger partial charge is 0.353 e. The van der Waals surface area contributed by atoms with Crippen LogP contribution in [0.15, 0.2) is 54.7 Å². The molecule has 1 N–H and O–H groups in total. The van der Waals surface area contributed by atoms with Crippen LogP contribution in [0.4, 0.5) is 17.3 Å². The van der Waals surface area contributed by atoms with E-state index in [1.165, 1.54) is 0 Å². The normalized spacial score (nSPS) is 14.0. The van der Waals surface area contributed by atoms with Gasteiger partial charge in [-0.15, -0.1) is 0 Å². The van der Waals surface area contributed by atoms with E-state index < -0.39 is 0 Å². The van der Waals surface area contributed by atoms with Gasteiger partial charge in [0.15, 0.2) is 0 Å². The molecule has 0 atom stereocenters. The van der Waals surface area contributed by atoms with E-state index in [2.05, 4.69) is 30.1 Å². The summed E-state index contributed by atoms with van der Waals surface area (Å²) < 4.78 is 0. The smallest absolute Gasteiger partial charge is 0.274 e. The summed E-state index contributed by atoms with van der Waals surface area (Å²) in [6.07, 6.45) is 1.81. The highest BCUT2D eigenvalue weighted by atomic mass is 16.1. The molecule has 0 unspecified atom stereocenters. The number of piperazine rings is 1. The van der Waals surface area contributed by atoms with Crippen molar-refractivity contribution < 1.29 is 4.79 Å². The van der Waals surface area contributed by atoms with Crippen LogP contribution in [0.2, 0.25) is 0 Å². The standard InChI is InChI=1S/C22H24N6O/c1-16-7-3-4-8-18(16)26-22(29)19-15-21(25-17(2)24-19)28-13-11-27(12-14-28)20-9-5-6-10-23-20/h3-10,15H,11-14H2,1-2H3,(H,26,29). The van der Waals surface area contributed by atoms with Gasteiger partial charge in [-0.25, -0.2) is 15.0 Å². The van der Waals surface area contributed by atoms with Crippen molar-refractivity contribution in [2.24, 2.45) is 0 Å². The quantitative estimate of drug-likeness (QED) is 0.740. The first kappa shape index (κ1) is 18.9. The van der Waals surface area contributed by atoms with Crippen molar-refractivity contribution in [3.63, 3.8) is 0 Å². The molecule has 3 aromatic rings. The summed E-state index contributed by atoms with van der Waals surface area (Å²) in [5, 5.41) is 2.95. The molecule has 1 saturated heterocycles. The fourth-order valence-electron chi connectivity index (χ4n) is 3.44. The number of nitrogens with zero attached hydrogens (tertiary/aromatic N) is 5. The Balaban J connectivity index is 1.47. The number of benzene rings is 1. The Kier molecular flexibility index (Phi) is 5.37. The van der Waals surface area contributed by atoms with Gasteiger partial charge in [0.05, 0.1) is 0 Å². The van der Waals surface area contributed by atoms with E-state index in [1.54, 1.807) is 6.07 Å². The zero-order chi connectivity index (χ0) is 20.2. The average Bonchev–Trinajstić information content (AvgIpc) is 2.75. The van der Waals surface area contributed by atoms with Crippen LogP contribution in [0.1, 0.15) is 21.9 Å². The minimum absolute atomic E-state index is 0.224. The number of nitrogens with one attached hydrogen (secondary N) is 1. The lowest BCUT2D eigenvalue weighted by molar-refractivity contribution is 0.102. The fraction of sp³-hybridized carbons (Fsp3) is 0.273. The summed E-state index contributed by atoms with van der Waals surface area (Å²) in [5.41, 5.74) is 2.18. The number of aromatic nitrogens is 3. The summed E-state index contributed by atoms with van der Waals surface area (Å²) >= 11 is 0. The summed E-state index contributed by atoms with van der Waals surface area (Å²) in [5.74, 6) is 2.14. The molecule has 1 fully saturated rings. The molecule has 7 nitrogen and oxygen atoms in total. The molecule has 2 aromatic heterocycles. The van der Waals surface area contributed by atoms with Crippen LogP contribution < -0.4 is 15.1 Å². The summed E-state index contributed by atoms with van der Waals surface area (Å²) in [6, 6.07) is 15.4. The number of anilines is 3. The summed E-state index contributed by atoms with van der Waals surface area (Å²) in [6.45, 7) is 7.11. The Labute approximate surface area is 170 Å². The topological polar surface area (TPSA) is 74.2 Å². The lowest BCUT2D eigenvalue weighted by Crippen LogP contribution is -2.47. The van der Waals surface area contributed by atoms with Gasteiger partial charge in [0.25, 0.3) is 5.91 Å². The van der Waals surface area contributed by atoms with Gasteiger partial charge >= 0.3 is 0 Å². The molecule has 0 saturated carbocycles.